The van der Waals surface area contributed by atoms with Gasteiger partial charge in [-0.15, -0.1) is 0 Å². The van der Waals surface area contributed by atoms with E-state index >= 15 is 0 Å². The largest absolute Gasteiger partial charge is 0.310 e. The summed E-state index contributed by atoms with van der Waals surface area (Å²) in [5.41, 5.74) is 3.70. The van der Waals surface area contributed by atoms with Gasteiger partial charge in [-0.25, -0.2) is 0 Å². The molecular weight excluding hydrogens is 256 g/mol. The third-order valence-electron chi connectivity index (χ3n) is 3.21. The molecule has 2 heteroatoms. The average molecular weight is 269 g/mol. The van der Waals surface area contributed by atoms with Crippen LogP contribution in [0.1, 0.15) is 5.56 Å². The fourth-order valence-electron chi connectivity index (χ4n) is 2.27. The van der Waals surface area contributed by atoms with E-state index in [0.717, 1.165) is 17.1 Å². The van der Waals surface area contributed by atoms with Crippen LogP contribution in [0.15, 0.2) is 78.9 Å². The van der Waals surface area contributed by atoms with Crippen LogP contribution in [-0.4, -0.2) is 0 Å². The van der Waals surface area contributed by atoms with Crippen molar-refractivity contribution in [3.05, 3.63) is 90.5 Å². The number of nitriles is 1. The minimum atomic E-state index is 0.649. The van der Waals surface area contributed by atoms with Gasteiger partial charge in [0.05, 0.1) is 11.6 Å². The SMILES string of the molecule is N#Cc1cccc(N(c2cc[c]cc2)c2ccccc2)c1. The normalized spacial score (nSPS) is 9.86. The molecular formula is C19H13N2. The molecule has 0 fully saturated rings. The van der Waals surface area contributed by atoms with Crippen LogP contribution in [0.4, 0.5) is 17.1 Å². The lowest BCUT2D eigenvalue weighted by Crippen LogP contribution is -2.09. The monoisotopic (exact) mass is 269 g/mol. The van der Waals surface area contributed by atoms with Crippen molar-refractivity contribution < 1.29 is 0 Å². The zero-order valence-corrected chi connectivity index (χ0v) is 11.4. The summed E-state index contributed by atoms with van der Waals surface area (Å²) in [4.78, 5) is 2.12. The van der Waals surface area contributed by atoms with Gasteiger partial charge in [-0.1, -0.05) is 36.4 Å². The summed E-state index contributed by atoms with van der Waals surface area (Å²) < 4.78 is 0. The molecule has 0 saturated carbocycles. The number of hydrogen-bond acceptors (Lipinski definition) is 2. The molecule has 0 N–H and O–H groups in total. The first kappa shape index (κ1) is 13.0. The number of benzene rings is 3. The fraction of sp³-hybridized carbons (Fsp3) is 0. The Bertz CT molecular complexity index is 719. The minimum absolute atomic E-state index is 0.649. The first-order valence-corrected chi connectivity index (χ1v) is 6.70. The predicted octanol–water partition coefficient (Wildman–Crippen LogP) is 4.83. The Kier molecular flexibility index (Phi) is 3.66. The summed E-state index contributed by atoms with van der Waals surface area (Å²) in [5.74, 6) is 0. The smallest absolute Gasteiger partial charge is 0.0992 e. The molecule has 0 spiro atoms. The van der Waals surface area contributed by atoms with Crippen LogP contribution in [0.2, 0.25) is 0 Å². The molecule has 0 unspecified atom stereocenters. The lowest BCUT2D eigenvalue weighted by molar-refractivity contribution is 1.28. The molecule has 0 bridgehead atoms. The van der Waals surface area contributed by atoms with Gasteiger partial charge in [-0.3, -0.25) is 0 Å². The highest BCUT2D eigenvalue weighted by Crippen LogP contribution is 2.34. The zero-order valence-electron chi connectivity index (χ0n) is 11.4. The van der Waals surface area contributed by atoms with Crippen molar-refractivity contribution in [3.8, 4) is 6.07 Å². The number of hydrogen-bond donors (Lipinski definition) is 0. The summed E-state index contributed by atoms with van der Waals surface area (Å²) in [7, 11) is 0. The molecule has 0 atom stereocenters. The van der Waals surface area contributed by atoms with Crippen molar-refractivity contribution in [2.75, 3.05) is 4.90 Å². The topological polar surface area (TPSA) is 27.0 Å². The van der Waals surface area contributed by atoms with Gasteiger partial charge in [-0.05, 0) is 48.5 Å². The second-order valence-electron chi connectivity index (χ2n) is 4.59. The van der Waals surface area contributed by atoms with Crippen LogP contribution in [0.25, 0.3) is 0 Å². The van der Waals surface area contributed by atoms with Gasteiger partial charge < -0.3 is 4.90 Å². The molecule has 99 valence electrons. The molecule has 0 aliphatic carbocycles. The highest BCUT2D eigenvalue weighted by molar-refractivity contribution is 5.76. The maximum absolute atomic E-state index is 9.11. The number of nitrogens with zero attached hydrogens (tertiary/aromatic N) is 2. The Morgan fingerprint density at radius 3 is 2.14 bits per heavy atom. The standard InChI is InChI=1S/C19H13N2/c20-15-16-8-7-13-19(14-16)21(17-9-3-1-4-10-17)18-11-5-2-6-12-18/h1,3-14H. The van der Waals surface area contributed by atoms with Crippen LogP contribution in [0.5, 0.6) is 0 Å². The third-order valence-corrected chi connectivity index (χ3v) is 3.21. The van der Waals surface area contributed by atoms with Crippen LogP contribution in [-0.2, 0) is 0 Å². The van der Waals surface area contributed by atoms with Gasteiger partial charge >= 0.3 is 0 Å². The van der Waals surface area contributed by atoms with E-state index in [1.54, 1.807) is 0 Å². The molecule has 2 nitrogen and oxygen atoms in total. The highest BCUT2D eigenvalue weighted by atomic mass is 15.1. The lowest BCUT2D eigenvalue weighted by atomic mass is 10.1. The van der Waals surface area contributed by atoms with Crippen molar-refractivity contribution in [1.82, 2.24) is 0 Å². The second-order valence-corrected chi connectivity index (χ2v) is 4.59. The second kappa shape index (κ2) is 5.94. The van der Waals surface area contributed by atoms with Crippen molar-refractivity contribution in [3.63, 3.8) is 0 Å². The summed E-state index contributed by atoms with van der Waals surface area (Å²) >= 11 is 0. The fourth-order valence-corrected chi connectivity index (χ4v) is 2.27. The molecule has 0 aliphatic rings. The van der Waals surface area contributed by atoms with E-state index in [4.69, 9.17) is 5.26 Å². The molecule has 21 heavy (non-hydrogen) atoms. The molecule has 3 aromatic carbocycles. The van der Waals surface area contributed by atoms with E-state index in [-0.39, 0.29) is 0 Å². The molecule has 0 aromatic heterocycles. The van der Waals surface area contributed by atoms with Crippen molar-refractivity contribution >= 4 is 17.1 Å². The highest BCUT2D eigenvalue weighted by Gasteiger charge is 2.11. The maximum atomic E-state index is 9.11. The summed E-state index contributed by atoms with van der Waals surface area (Å²) in [6.45, 7) is 0. The first-order valence-electron chi connectivity index (χ1n) is 6.70. The van der Waals surface area contributed by atoms with E-state index in [0.29, 0.717) is 5.56 Å². The number of rotatable bonds is 3. The number of para-hydroxylation sites is 1. The van der Waals surface area contributed by atoms with Gasteiger partial charge in [0.2, 0.25) is 0 Å². The molecule has 3 rings (SSSR count). The van der Waals surface area contributed by atoms with E-state index in [9.17, 15) is 0 Å². The molecule has 0 saturated heterocycles. The van der Waals surface area contributed by atoms with Gasteiger partial charge in [0.15, 0.2) is 0 Å². The Morgan fingerprint density at radius 2 is 1.43 bits per heavy atom. The summed E-state index contributed by atoms with van der Waals surface area (Å²) in [6, 6.07) is 30.7. The zero-order chi connectivity index (χ0) is 14.5. The lowest BCUT2D eigenvalue weighted by Gasteiger charge is -2.25. The van der Waals surface area contributed by atoms with Crippen LogP contribution < -0.4 is 4.90 Å². The average Bonchev–Trinajstić information content (AvgIpc) is 2.57. The number of anilines is 3. The van der Waals surface area contributed by atoms with E-state index < -0.39 is 0 Å². The summed E-state index contributed by atoms with van der Waals surface area (Å²) in [5, 5.41) is 9.11. The van der Waals surface area contributed by atoms with Gasteiger partial charge in [0, 0.05) is 17.1 Å². The molecule has 3 aromatic rings. The van der Waals surface area contributed by atoms with Gasteiger partial charge in [0.25, 0.3) is 0 Å². The molecule has 0 heterocycles. The Hall–Kier alpha value is -3.05. The van der Waals surface area contributed by atoms with Crippen LogP contribution >= 0.6 is 0 Å². The Morgan fingerprint density at radius 1 is 0.762 bits per heavy atom. The van der Waals surface area contributed by atoms with Crippen LogP contribution in [0, 0.1) is 17.4 Å². The minimum Gasteiger partial charge on any atom is -0.310 e. The Labute approximate surface area is 124 Å². The van der Waals surface area contributed by atoms with Crippen molar-refractivity contribution in [1.29, 1.82) is 5.26 Å². The Balaban J connectivity index is 2.15. The van der Waals surface area contributed by atoms with E-state index in [1.807, 2.05) is 66.7 Å². The summed E-state index contributed by atoms with van der Waals surface area (Å²) in [6.07, 6.45) is 0. The van der Waals surface area contributed by atoms with Gasteiger partial charge in [0.1, 0.15) is 0 Å². The van der Waals surface area contributed by atoms with Crippen molar-refractivity contribution in [2.45, 2.75) is 0 Å². The van der Waals surface area contributed by atoms with Gasteiger partial charge in [-0.2, -0.15) is 5.26 Å². The van der Waals surface area contributed by atoms with Crippen LogP contribution in [0.3, 0.4) is 0 Å². The van der Waals surface area contributed by atoms with E-state index in [2.05, 4.69) is 29.2 Å². The molecule has 0 aliphatic heterocycles. The maximum Gasteiger partial charge on any atom is 0.0992 e. The van der Waals surface area contributed by atoms with E-state index in [1.165, 1.54) is 0 Å². The molecule has 0 amide bonds. The first-order chi connectivity index (χ1) is 10.4. The predicted molar refractivity (Wildman–Crippen MR) is 84.7 cm³/mol. The molecule has 1 radical (unpaired) electrons. The third kappa shape index (κ3) is 2.77. The quantitative estimate of drug-likeness (QED) is 0.681. The van der Waals surface area contributed by atoms with Crippen molar-refractivity contribution in [2.24, 2.45) is 0 Å².